The summed E-state index contributed by atoms with van der Waals surface area (Å²) in [4.78, 5) is 28.2. The highest BCUT2D eigenvalue weighted by molar-refractivity contribution is 7.22. The van der Waals surface area contributed by atoms with Gasteiger partial charge in [0.15, 0.2) is 5.13 Å². The highest BCUT2D eigenvalue weighted by Gasteiger charge is 2.13. The molecule has 128 valence electrons. The SMILES string of the molecule is O=C(CNC(=O)c1ccc(Cl)cc1Cl)Nc1nc2ccc(F)cc2s1. The molecule has 0 aliphatic carbocycles. The zero-order chi connectivity index (χ0) is 18.0. The van der Waals surface area contributed by atoms with Crippen LogP contribution in [0.15, 0.2) is 36.4 Å². The lowest BCUT2D eigenvalue weighted by Gasteiger charge is -2.06. The van der Waals surface area contributed by atoms with E-state index in [4.69, 9.17) is 23.2 Å². The minimum atomic E-state index is -0.497. The Morgan fingerprint density at radius 2 is 1.96 bits per heavy atom. The molecule has 0 unspecified atom stereocenters. The van der Waals surface area contributed by atoms with Crippen molar-refractivity contribution in [1.29, 1.82) is 0 Å². The summed E-state index contributed by atoms with van der Waals surface area (Å²) in [7, 11) is 0. The van der Waals surface area contributed by atoms with Gasteiger partial charge < -0.3 is 10.6 Å². The van der Waals surface area contributed by atoms with E-state index < -0.39 is 11.8 Å². The first-order valence-electron chi connectivity index (χ1n) is 7.01. The number of rotatable bonds is 4. The van der Waals surface area contributed by atoms with Crippen LogP contribution < -0.4 is 10.6 Å². The van der Waals surface area contributed by atoms with Gasteiger partial charge in [-0.1, -0.05) is 34.5 Å². The van der Waals surface area contributed by atoms with Crippen LogP contribution in [-0.4, -0.2) is 23.3 Å². The third-order valence-electron chi connectivity index (χ3n) is 3.18. The van der Waals surface area contributed by atoms with Gasteiger partial charge in [-0.15, -0.1) is 0 Å². The predicted molar refractivity (Wildman–Crippen MR) is 97.0 cm³/mol. The van der Waals surface area contributed by atoms with E-state index in [0.29, 0.717) is 20.4 Å². The molecule has 0 atom stereocenters. The smallest absolute Gasteiger partial charge is 0.253 e. The number of thiazole rings is 1. The topological polar surface area (TPSA) is 71.1 Å². The average Bonchev–Trinajstić information content (AvgIpc) is 2.93. The van der Waals surface area contributed by atoms with Crippen LogP contribution in [0.4, 0.5) is 9.52 Å². The standard InChI is InChI=1S/C16H10Cl2FN3O2S/c17-8-1-3-10(11(18)5-8)15(24)20-7-14(23)22-16-21-12-4-2-9(19)6-13(12)25-16/h1-6H,7H2,(H,20,24)(H,21,22,23). The molecule has 5 nitrogen and oxygen atoms in total. The average molecular weight is 398 g/mol. The summed E-state index contributed by atoms with van der Waals surface area (Å²) in [5.74, 6) is -1.33. The fourth-order valence-electron chi connectivity index (χ4n) is 2.04. The second-order valence-electron chi connectivity index (χ2n) is 4.99. The van der Waals surface area contributed by atoms with Gasteiger partial charge >= 0.3 is 0 Å². The Hall–Kier alpha value is -2.22. The number of hydrogen-bond donors (Lipinski definition) is 2. The number of halogens is 3. The van der Waals surface area contributed by atoms with Crippen molar-refractivity contribution >= 4 is 61.7 Å². The summed E-state index contributed by atoms with van der Waals surface area (Å²) >= 11 is 12.9. The molecular weight excluding hydrogens is 388 g/mol. The Bertz CT molecular complexity index is 977. The Balaban J connectivity index is 1.61. The zero-order valence-corrected chi connectivity index (χ0v) is 14.8. The fraction of sp³-hybridized carbons (Fsp3) is 0.0625. The maximum atomic E-state index is 13.2. The second-order valence-corrected chi connectivity index (χ2v) is 6.86. The van der Waals surface area contributed by atoms with Crippen molar-refractivity contribution in [2.45, 2.75) is 0 Å². The van der Waals surface area contributed by atoms with Crippen molar-refractivity contribution in [3.63, 3.8) is 0 Å². The predicted octanol–water partition coefficient (Wildman–Crippen LogP) is 4.11. The van der Waals surface area contributed by atoms with Gasteiger partial charge in [0.1, 0.15) is 5.82 Å². The lowest BCUT2D eigenvalue weighted by Crippen LogP contribution is -2.32. The van der Waals surface area contributed by atoms with E-state index in [-0.39, 0.29) is 22.9 Å². The number of aromatic nitrogens is 1. The van der Waals surface area contributed by atoms with Crippen LogP contribution >= 0.6 is 34.5 Å². The quantitative estimate of drug-likeness (QED) is 0.695. The molecule has 2 aromatic carbocycles. The molecule has 0 spiro atoms. The molecule has 9 heteroatoms. The van der Waals surface area contributed by atoms with Crippen molar-refractivity contribution in [2.24, 2.45) is 0 Å². The summed E-state index contributed by atoms with van der Waals surface area (Å²) in [6.07, 6.45) is 0. The first-order valence-corrected chi connectivity index (χ1v) is 8.59. The molecule has 0 aliphatic heterocycles. The Morgan fingerprint density at radius 1 is 1.16 bits per heavy atom. The molecule has 3 rings (SSSR count). The summed E-state index contributed by atoms with van der Waals surface area (Å²) < 4.78 is 13.8. The van der Waals surface area contributed by atoms with E-state index in [1.165, 1.54) is 36.4 Å². The van der Waals surface area contributed by atoms with Crippen LogP contribution in [-0.2, 0) is 4.79 Å². The maximum Gasteiger partial charge on any atom is 0.253 e. The van der Waals surface area contributed by atoms with Gasteiger partial charge in [-0.3, -0.25) is 9.59 Å². The van der Waals surface area contributed by atoms with Crippen LogP contribution in [0.3, 0.4) is 0 Å². The monoisotopic (exact) mass is 397 g/mol. The summed E-state index contributed by atoms with van der Waals surface area (Å²) in [5, 5.41) is 5.94. The van der Waals surface area contributed by atoms with Gasteiger partial charge in [0.25, 0.3) is 5.91 Å². The van der Waals surface area contributed by atoms with E-state index in [0.717, 1.165) is 11.3 Å². The molecule has 0 saturated carbocycles. The van der Waals surface area contributed by atoms with Crippen LogP contribution in [0.1, 0.15) is 10.4 Å². The van der Waals surface area contributed by atoms with E-state index >= 15 is 0 Å². The van der Waals surface area contributed by atoms with Gasteiger partial charge in [-0.25, -0.2) is 9.37 Å². The largest absolute Gasteiger partial charge is 0.343 e. The lowest BCUT2D eigenvalue weighted by atomic mass is 10.2. The number of carbonyl (C=O) groups is 2. The van der Waals surface area contributed by atoms with E-state index in [1.54, 1.807) is 0 Å². The van der Waals surface area contributed by atoms with Crippen LogP contribution in [0.25, 0.3) is 10.2 Å². The summed E-state index contributed by atoms with van der Waals surface area (Å²) in [5.41, 5.74) is 0.799. The van der Waals surface area contributed by atoms with Crippen molar-refractivity contribution < 1.29 is 14.0 Å². The highest BCUT2D eigenvalue weighted by atomic mass is 35.5. The zero-order valence-electron chi connectivity index (χ0n) is 12.5. The van der Waals surface area contributed by atoms with Crippen molar-refractivity contribution in [2.75, 3.05) is 11.9 Å². The van der Waals surface area contributed by atoms with Gasteiger partial charge in [0.2, 0.25) is 5.91 Å². The lowest BCUT2D eigenvalue weighted by molar-refractivity contribution is -0.115. The van der Waals surface area contributed by atoms with Crippen molar-refractivity contribution in [3.8, 4) is 0 Å². The number of benzene rings is 2. The number of carbonyl (C=O) groups excluding carboxylic acids is 2. The molecule has 0 aliphatic rings. The van der Waals surface area contributed by atoms with Crippen LogP contribution in [0.5, 0.6) is 0 Å². The minimum Gasteiger partial charge on any atom is -0.343 e. The first kappa shape index (κ1) is 17.6. The Kier molecular flexibility index (Phi) is 5.17. The molecule has 25 heavy (non-hydrogen) atoms. The molecule has 3 aromatic rings. The van der Waals surface area contributed by atoms with E-state index in [9.17, 15) is 14.0 Å². The normalized spacial score (nSPS) is 10.7. The minimum absolute atomic E-state index is 0.193. The summed E-state index contributed by atoms with van der Waals surface area (Å²) in [6.45, 7) is -0.262. The number of hydrogen-bond acceptors (Lipinski definition) is 4. The third kappa shape index (κ3) is 4.25. The molecule has 0 saturated heterocycles. The van der Waals surface area contributed by atoms with Gasteiger partial charge in [0.05, 0.1) is 27.3 Å². The van der Waals surface area contributed by atoms with Gasteiger partial charge in [-0.05, 0) is 36.4 Å². The van der Waals surface area contributed by atoms with Crippen molar-refractivity contribution in [1.82, 2.24) is 10.3 Å². The van der Waals surface area contributed by atoms with E-state index in [2.05, 4.69) is 15.6 Å². The number of amides is 2. The first-order chi connectivity index (χ1) is 11.9. The Labute approximate surface area is 155 Å². The number of nitrogens with one attached hydrogen (secondary N) is 2. The highest BCUT2D eigenvalue weighted by Crippen LogP contribution is 2.26. The molecule has 1 heterocycles. The number of anilines is 1. The Morgan fingerprint density at radius 3 is 2.72 bits per heavy atom. The van der Waals surface area contributed by atoms with Gasteiger partial charge in [-0.2, -0.15) is 0 Å². The van der Waals surface area contributed by atoms with Crippen molar-refractivity contribution in [3.05, 3.63) is 57.8 Å². The molecule has 0 fully saturated rings. The molecule has 2 N–H and O–H groups in total. The number of fused-ring (bicyclic) bond motifs is 1. The van der Waals surface area contributed by atoms with Gasteiger partial charge in [0, 0.05) is 5.02 Å². The molecule has 1 aromatic heterocycles. The second kappa shape index (κ2) is 7.35. The molecule has 0 bridgehead atoms. The third-order valence-corrected chi connectivity index (χ3v) is 4.66. The summed E-state index contributed by atoms with van der Waals surface area (Å²) in [6, 6.07) is 8.61. The van der Waals surface area contributed by atoms with E-state index in [1.807, 2.05) is 0 Å². The molecule has 2 amide bonds. The maximum absolute atomic E-state index is 13.2. The molecule has 0 radical (unpaired) electrons. The fourth-order valence-corrected chi connectivity index (χ4v) is 3.45. The molecular formula is C16H10Cl2FN3O2S. The van der Waals surface area contributed by atoms with Crippen LogP contribution in [0, 0.1) is 5.82 Å². The van der Waals surface area contributed by atoms with Crippen LogP contribution in [0.2, 0.25) is 10.0 Å². The number of nitrogens with zero attached hydrogens (tertiary/aromatic N) is 1.